The Kier molecular flexibility index (Phi) is 5.14. The molecule has 0 aromatic heterocycles. The van der Waals surface area contributed by atoms with Crippen LogP contribution in [0.4, 0.5) is 24.5 Å². The second kappa shape index (κ2) is 7.22. The van der Waals surface area contributed by atoms with Gasteiger partial charge in [-0.1, -0.05) is 6.07 Å². The average molecular weight is 398 g/mol. The molecule has 0 unspecified atom stereocenters. The Morgan fingerprint density at radius 1 is 1.04 bits per heavy atom. The highest BCUT2D eigenvalue weighted by Gasteiger charge is 2.30. The van der Waals surface area contributed by atoms with Crippen LogP contribution >= 0.6 is 0 Å². The van der Waals surface area contributed by atoms with Crippen molar-refractivity contribution in [3.63, 3.8) is 0 Å². The molecule has 0 spiro atoms. The summed E-state index contributed by atoms with van der Waals surface area (Å²) in [5.41, 5.74) is -0.153. The summed E-state index contributed by atoms with van der Waals surface area (Å²) >= 11 is 0. The number of nitrogens with one attached hydrogen (secondary N) is 1. The second-order valence-electron chi connectivity index (χ2n) is 6.17. The van der Waals surface area contributed by atoms with Gasteiger partial charge in [0, 0.05) is 17.8 Å². The molecule has 0 radical (unpaired) electrons. The molecule has 1 N–H and O–H groups in total. The van der Waals surface area contributed by atoms with Crippen molar-refractivity contribution in [2.45, 2.75) is 19.0 Å². The van der Waals surface area contributed by atoms with Gasteiger partial charge in [0.05, 0.1) is 17.0 Å². The maximum absolute atomic E-state index is 12.7. The molecule has 2 aromatic rings. The van der Waals surface area contributed by atoms with Gasteiger partial charge in [0.25, 0.3) is 5.91 Å². The first-order valence-electron chi connectivity index (χ1n) is 8.26. The zero-order valence-corrected chi connectivity index (χ0v) is 15.0. The topological polar surface area (TPSA) is 66.5 Å². The van der Waals surface area contributed by atoms with Gasteiger partial charge in [-0.05, 0) is 55.3 Å². The van der Waals surface area contributed by atoms with E-state index in [1.54, 1.807) is 0 Å². The Morgan fingerprint density at radius 3 is 2.37 bits per heavy atom. The highest BCUT2D eigenvalue weighted by molar-refractivity contribution is 7.92. The van der Waals surface area contributed by atoms with Crippen LogP contribution in [0.3, 0.4) is 0 Å². The minimum atomic E-state index is -4.50. The summed E-state index contributed by atoms with van der Waals surface area (Å²) in [5, 5.41) is 2.42. The van der Waals surface area contributed by atoms with Gasteiger partial charge in [0.1, 0.15) is 0 Å². The van der Waals surface area contributed by atoms with Crippen LogP contribution in [0.2, 0.25) is 0 Å². The summed E-state index contributed by atoms with van der Waals surface area (Å²) in [6.45, 7) is 0.387. The molecule has 144 valence electrons. The lowest BCUT2D eigenvalue weighted by Crippen LogP contribution is -2.37. The molecule has 1 amide bonds. The predicted octanol–water partition coefficient (Wildman–Crippen LogP) is 3.89. The normalized spacial score (nSPS) is 16.8. The Balaban J connectivity index is 1.75. The average Bonchev–Trinajstić information content (AvgIpc) is 2.61. The largest absolute Gasteiger partial charge is 0.416 e. The Hall–Kier alpha value is -2.55. The number of anilines is 2. The SMILES string of the molecule is O=C(Nc1cccc(C(F)(F)F)c1)c1ccc(N2CCCCS2(=O)=O)cc1. The van der Waals surface area contributed by atoms with E-state index >= 15 is 0 Å². The summed E-state index contributed by atoms with van der Waals surface area (Å²) in [6.07, 6.45) is -3.12. The van der Waals surface area contributed by atoms with Crippen molar-refractivity contribution in [3.8, 4) is 0 Å². The van der Waals surface area contributed by atoms with Gasteiger partial charge in [0.15, 0.2) is 0 Å². The van der Waals surface area contributed by atoms with Gasteiger partial charge < -0.3 is 5.32 Å². The first kappa shape index (κ1) is 19.2. The summed E-state index contributed by atoms with van der Waals surface area (Å²) in [6, 6.07) is 10.3. The summed E-state index contributed by atoms with van der Waals surface area (Å²) in [7, 11) is -3.35. The van der Waals surface area contributed by atoms with Crippen LogP contribution in [0.1, 0.15) is 28.8 Å². The van der Waals surface area contributed by atoms with E-state index in [0.717, 1.165) is 18.6 Å². The lowest BCUT2D eigenvalue weighted by atomic mass is 10.1. The number of amides is 1. The maximum atomic E-state index is 12.7. The Labute approximate surface area is 154 Å². The van der Waals surface area contributed by atoms with Crippen molar-refractivity contribution < 1.29 is 26.4 Å². The third kappa shape index (κ3) is 4.41. The van der Waals surface area contributed by atoms with Gasteiger partial charge in [-0.3, -0.25) is 9.10 Å². The molecular weight excluding hydrogens is 381 g/mol. The third-order valence-electron chi connectivity index (χ3n) is 4.21. The number of hydrogen-bond donors (Lipinski definition) is 1. The van der Waals surface area contributed by atoms with E-state index in [0.29, 0.717) is 18.7 Å². The molecule has 0 bridgehead atoms. The summed E-state index contributed by atoms with van der Waals surface area (Å²) in [5.74, 6) is -0.493. The van der Waals surface area contributed by atoms with E-state index in [-0.39, 0.29) is 17.0 Å². The van der Waals surface area contributed by atoms with Gasteiger partial charge in [0.2, 0.25) is 10.0 Å². The van der Waals surface area contributed by atoms with Gasteiger partial charge in [-0.25, -0.2) is 8.42 Å². The highest BCUT2D eigenvalue weighted by atomic mass is 32.2. The lowest BCUT2D eigenvalue weighted by Gasteiger charge is -2.28. The van der Waals surface area contributed by atoms with Crippen LogP contribution in [0, 0.1) is 0 Å². The number of nitrogens with zero attached hydrogens (tertiary/aromatic N) is 1. The van der Waals surface area contributed by atoms with Crippen LogP contribution in [0.5, 0.6) is 0 Å². The smallest absolute Gasteiger partial charge is 0.322 e. The summed E-state index contributed by atoms with van der Waals surface area (Å²) < 4.78 is 63.8. The number of carbonyl (C=O) groups is 1. The maximum Gasteiger partial charge on any atom is 0.416 e. The molecule has 1 aliphatic heterocycles. The monoisotopic (exact) mass is 398 g/mol. The summed E-state index contributed by atoms with van der Waals surface area (Å²) in [4.78, 5) is 12.3. The van der Waals surface area contributed by atoms with Crippen molar-refractivity contribution in [1.82, 2.24) is 0 Å². The molecule has 1 saturated heterocycles. The molecule has 9 heteroatoms. The molecule has 0 atom stereocenters. The Bertz CT molecular complexity index is 941. The van der Waals surface area contributed by atoms with E-state index in [1.807, 2.05) is 0 Å². The fourth-order valence-electron chi connectivity index (χ4n) is 2.83. The zero-order valence-electron chi connectivity index (χ0n) is 14.2. The van der Waals surface area contributed by atoms with E-state index in [9.17, 15) is 26.4 Å². The van der Waals surface area contributed by atoms with E-state index in [2.05, 4.69) is 5.32 Å². The third-order valence-corrected chi connectivity index (χ3v) is 6.08. The number of rotatable bonds is 3. The first-order valence-corrected chi connectivity index (χ1v) is 9.87. The minimum Gasteiger partial charge on any atom is -0.322 e. The van der Waals surface area contributed by atoms with E-state index in [1.165, 1.54) is 40.7 Å². The van der Waals surface area contributed by atoms with Gasteiger partial charge >= 0.3 is 6.18 Å². The quantitative estimate of drug-likeness (QED) is 0.853. The Morgan fingerprint density at radius 2 is 1.74 bits per heavy atom. The second-order valence-corrected chi connectivity index (χ2v) is 8.19. The molecule has 0 aliphatic carbocycles. The molecule has 1 aliphatic rings. The molecule has 1 fully saturated rings. The number of alkyl halides is 3. The first-order chi connectivity index (χ1) is 12.7. The fraction of sp³-hybridized carbons (Fsp3) is 0.278. The van der Waals surface area contributed by atoms with Crippen molar-refractivity contribution in [2.75, 3.05) is 21.9 Å². The van der Waals surface area contributed by atoms with Crippen LogP contribution < -0.4 is 9.62 Å². The van der Waals surface area contributed by atoms with Crippen molar-refractivity contribution >= 4 is 27.3 Å². The fourth-order valence-corrected chi connectivity index (χ4v) is 4.47. The van der Waals surface area contributed by atoms with Crippen LogP contribution in [0.15, 0.2) is 48.5 Å². The van der Waals surface area contributed by atoms with Gasteiger partial charge in [-0.15, -0.1) is 0 Å². The zero-order chi connectivity index (χ0) is 19.7. The minimum absolute atomic E-state index is 0.0255. The van der Waals surface area contributed by atoms with Crippen molar-refractivity contribution in [2.24, 2.45) is 0 Å². The number of hydrogen-bond acceptors (Lipinski definition) is 3. The molecule has 2 aromatic carbocycles. The van der Waals surface area contributed by atoms with Crippen LogP contribution in [-0.2, 0) is 16.2 Å². The molecular formula is C18H17F3N2O3S. The molecule has 3 rings (SSSR count). The van der Waals surface area contributed by atoms with Crippen molar-refractivity contribution in [3.05, 3.63) is 59.7 Å². The van der Waals surface area contributed by atoms with E-state index < -0.39 is 27.7 Å². The molecule has 5 nitrogen and oxygen atoms in total. The predicted molar refractivity (Wildman–Crippen MR) is 96.2 cm³/mol. The molecule has 0 saturated carbocycles. The van der Waals surface area contributed by atoms with Crippen LogP contribution in [0.25, 0.3) is 0 Å². The van der Waals surface area contributed by atoms with Gasteiger partial charge in [-0.2, -0.15) is 13.2 Å². The standard InChI is InChI=1S/C18H17F3N2O3S/c19-18(20,21)14-4-3-5-15(12-14)22-17(24)13-6-8-16(9-7-13)23-10-1-2-11-27(23,25)26/h3-9,12H,1-2,10-11H2,(H,22,24). The number of benzene rings is 2. The molecule has 27 heavy (non-hydrogen) atoms. The van der Waals surface area contributed by atoms with E-state index in [4.69, 9.17) is 0 Å². The van der Waals surface area contributed by atoms with Crippen molar-refractivity contribution in [1.29, 1.82) is 0 Å². The number of carbonyl (C=O) groups excluding carboxylic acids is 1. The lowest BCUT2D eigenvalue weighted by molar-refractivity contribution is -0.137. The number of sulfonamides is 1. The molecule has 1 heterocycles. The number of halogens is 3. The highest BCUT2D eigenvalue weighted by Crippen LogP contribution is 2.31. The van der Waals surface area contributed by atoms with Crippen LogP contribution in [-0.4, -0.2) is 26.6 Å².